The van der Waals surface area contributed by atoms with E-state index in [0.29, 0.717) is 30.2 Å². The Morgan fingerprint density at radius 3 is 2.46 bits per heavy atom. The standard InChI is InChI=1S/C20H30N2O.ClH/c1-15(17-11-12-17)22(14-16-7-3-2-4-8-16)20(23)13-18-9-5-6-10-19(18)21;/h2-4,7-8,15,17-19H,5-6,9-14,21H2,1H3;1H. The zero-order valence-electron chi connectivity index (χ0n) is 14.7. The lowest BCUT2D eigenvalue weighted by atomic mass is 9.82. The molecule has 0 aromatic heterocycles. The molecule has 1 aromatic carbocycles. The molecule has 24 heavy (non-hydrogen) atoms. The van der Waals surface area contributed by atoms with Gasteiger partial charge in [-0.05, 0) is 50.0 Å². The van der Waals surface area contributed by atoms with Gasteiger partial charge in [-0.25, -0.2) is 0 Å². The maximum atomic E-state index is 13.0. The molecule has 4 heteroatoms. The number of nitrogens with two attached hydrogens (primary N) is 1. The monoisotopic (exact) mass is 350 g/mol. The summed E-state index contributed by atoms with van der Waals surface area (Å²) in [7, 11) is 0. The summed E-state index contributed by atoms with van der Waals surface area (Å²) in [5.74, 6) is 1.37. The van der Waals surface area contributed by atoms with Crippen molar-refractivity contribution in [2.24, 2.45) is 17.6 Å². The third-order valence-electron chi connectivity index (χ3n) is 5.72. The van der Waals surface area contributed by atoms with Crippen molar-refractivity contribution in [2.45, 2.75) is 70.5 Å². The van der Waals surface area contributed by atoms with Gasteiger partial charge in [0, 0.05) is 25.0 Å². The minimum atomic E-state index is 0. The van der Waals surface area contributed by atoms with Gasteiger partial charge in [0.1, 0.15) is 0 Å². The molecule has 0 heterocycles. The summed E-state index contributed by atoms with van der Waals surface area (Å²) >= 11 is 0. The van der Waals surface area contributed by atoms with Crippen molar-refractivity contribution in [3.05, 3.63) is 35.9 Å². The van der Waals surface area contributed by atoms with Crippen LogP contribution in [0.4, 0.5) is 0 Å². The normalized spacial score (nSPS) is 24.8. The average molecular weight is 351 g/mol. The van der Waals surface area contributed by atoms with E-state index in [2.05, 4.69) is 36.1 Å². The lowest BCUT2D eigenvalue weighted by Gasteiger charge is -2.34. The Hall–Kier alpha value is -1.06. The molecule has 0 aliphatic heterocycles. The zero-order chi connectivity index (χ0) is 16.2. The predicted molar refractivity (Wildman–Crippen MR) is 101 cm³/mol. The van der Waals surface area contributed by atoms with Crippen LogP contribution in [0.5, 0.6) is 0 Å². The first kappa shape index (κ1) is 19.3. The number of hydrogen-bond donors (Lipinski definition) is 1. The summed E-state index contributed by atoms with van der Waals surface area (Å²) < 4.78 is 0. The van der Waals surface area contributed by atoms with Crippen LogP contribution >= 0.6 is 12.4 Å². The lowest BCUT2D eigenvalue weighted by molar-refractivity contribution is -0.135. The summed E-state index contributed by atoms with van der Waals surface area (Å²) in [6, 6.07) is 10.9. The molecule has 134 valence electrons. The maximum Gasteiger partial charge on any atom is 0.223 e. The Kier molecular flexibility index (Phi) is 7.12. The largest absolute Gasteiger partial charge is 0.335 e. The van der Waals surface area contributed by atoms with E-state index in [4.69, 9.17) is 5.73 Å². The Balaban J connectivity index is 0.00000208. The van der Waals surface area contributed by atoms with Gasteiger partial charge in [0.25, 0.3) is 0 Å². The molecular weight excluding hydrogens is 320 g/mol. The molecule has 3 nitrogen and oxygen atoms in total. The third kappa shape index (κ3) is 4.97. The fraction of sp³-hybridized carbons (Fsp3) is 0.650. The van der Waals surface area contributed by atoms with Crippen molar-refractivity contribution in [3.63, 3.8) is 0 Å². The molecule has 2 N–H and O–H groups in total. The highest BCUT2D eigenvalue weighted by Crippen LogP contribution is 2.36. The van der Waals surface area contributed by atoms with Crippen molar-refractivity contribution in [3.8, 4) is 0 Å². The second kappa shape index (κ2) is 8.87. The van der Waals surface area contributed by atoms with Crippen LogP contribution in [0.25, 0.3) is 0 Å². The first-order chi connectivity index (χ1) is 11.1. The predicted octanol–water partition coefficient (Wildman–Crippen LogP) is 4.14. The molecule has 0 saturated heterocycles. The van der Waals surface area contributed by atoms with Crippen molar-refractivity contribution < 1.29 is 4.79 Å². The zero-order valence-corrected chi connectivity index (χ0v) is 15.5. The first-order valence-electron chi connectivity index (χ1n) is 9.24. The molecule has 2 fully saturated rings. The quantitative estimate of drug-likeness (QED) is 0.837. The van der Waals surface area contributed by atoms with Gasteiger partial charge in [-0.3, -0.25) is 4.79 Å². The van der Waals surface area contributed by atoms with Crippen molar-refractivity contribution >= 4 is 18.3 Å². The molecule has 2 saturated carbocycles. The summed E-state index contributed by atoms with van der Waals surface area (Å²) in [6.07, 6.45) is 7.80. The number of carbonyl (C=O) groups excluding carboxylic acids is 1. The Morgan fingerprint density at radius 2 is 1.83 bits per heavy atom. The van der Waals surface area contributed by atoms with Gasteiger partial charge in [0.15, 0.2) is 0 Å². The Morgan fingerprint density at radius 1 is 1.17 bits per heavy atom. The van der Waals surface area contributed by atoms with E-state index in [0.717, 1.165) is 19.4 Å². The van der Waals surface area contributed by atoms with Gasteiger partial charge < -0.3 is 10.6 Å². The van der Waals surface area contributed by atoms with Crippen molar-refractivity contribution in [1.29, 1.82) is 0 Å². The summed E-state index contributed by atoms with van der Waals surface area (Å²) in [6.45, 7) is 2.96. The fourth-order valence-electron chi connectivity index (χ4n) is 3.90. The minimum Gasteiger partial charge on any atom is -0.335 e. The molecule has 2 aliphatic rings. The number of rotatable bonds is 6. The van der Waals surface area contributed by atoms with Crippen LogP contribution < -0.4 is 5.73 Å². The van der Waals surface area contributed by atoms with E-state index in [1.165, 1.54) is 31.2 Å². The van der Waals surface area contributed by atoms with Gasteiger partial charge in [0.05, 0.1) is 0 Å². The maximum absolute atomic E-state index is 13.0. The fourth-order valence-corrected chi connectivity index (χ4v) is 3.90. The van der Waals surface area contributed by atoms with E-state index >= 15 is 0 Å². The van der Waals surface area contributed by atoms with Gasteiger partial charge in [-0.15, -0.1) is 12.4 Å². The molecule has 0 spiro atoms. The van der Waals surface area contributed by atoms with Crippen LogP contribution in [-0.2, 0) is 11.3 Å². The van der Waals surface area contributed by atoms with Gasteiger partial charge in [0.2, 0.25) is 5.91 Å². The average Bonchev–Trinajstić information content (AvgIpc) is 3.40. The number of carbonyl (C=O) groups is 1. The highest BCUT2D eigenvalue weighted by Gasteiger charge is 2.35. The van der Waals surface area contributed by atoms with E-state index in [-0.39, 0.29) is 18.4 Å². The molecule has 0 radical (unpaired) electrons. The van der Waals surface area contributed by atoms with Crippen LogP contribution in [0, 0.1) is 11.8 Å². The van der Waals surface area contributed by atoms with Crippen molar-refractivity contribution in [2.75, 3.05) is 0 Å². The molecule has 0 bridgehead atoms. The number of benzene rings is 1. The SMILES string of the molecule is CC(C1CC1)N(Cc1ccccc1)C(=O)CC1CCCCC1N.Cl. The lowest BCUT2D eigenvalue weighted by Crippen LogP contribution is -2.43. The van der Waals surface area contributed by atoms with E-state index in [1.54, 1.807) is 0 Å². The number of amides is 1. The van der Waals surface area contributed by atoms with Crippen LogP contribution in [0.1, 0.15) is 57.4 Å². The molecule has 2 aliphatic carbocycles. The van der Waals surface area contributed by atoms with Gasteiger partial charge in [-0.2, -0.15) is 0 Å². The van der Waals surface area contributed by atoms with E-state index < -0.39 is 0 Å². The molecular formula is C20H31ClN2O. The number of halogens is 1. The highest BCUT2D eigenvalue weighted by atomic mass is 35.5. The van der Waals surface area contributed by atoms with Crippen LogP contribution in [0.15, 0.2) is 30.3 Å². The highest BCUT2D eigenvalue weighted by molar-refractivity contribution is 5.85. The second-order valence-electron chi connectivity index (χ2n) is 7.50. The summed E-state index contributed by atoms with van der Waals surface area (Å²) in [5.41, 5.74) is 7.48. The number of hydrogen-bond acceptors (Lipinski definition) is 2. The van der Waals surface area contributed by atoms with Crippen LogP contribution in [0.3, 0.4) is 0 Å². The van der Waals surface area contributed by atoms with Crippen molar-refractivity contribution in [1.82, 2.24) is 4.90 Å². The topological polar surface area (TPSA) is 46.3 Å². The first-order valence-corrected chi connectivity index (χ1v) is 9.24. The minimum absolute atomic E-state index is 0. The second-order valence-corrected chi connectivity index (χ2v) is 7.50. The molecule has 3 rings (SSSR count). The summed E-state index contributed by atoms with van der Waals surface area (Å²) in [4.78, 5) is 15.1. The third-order valence-corrected chi connectivity index (χ3v) is 5.72. The van der Waals surface area contributed by atoms with E-state index in [1.807, 2.05) is 6.07 Å². The summed E-state index contributed by atoms with van der Waals surface area (Å²) in [5, 5.41) is 0. The molecule has 1 amide bonds. The van der Waals surface area contributed by atoms with E-state index in [9.17, 15) is 4.79 Å². The molecule has 1 aromatic rings. The van der Waals surface area contributed by atoms with Crippen LogP contribution in [0.2, 0.25) is 0 Å². The smallest absolute Gasteiger partial charge is 0.223 e. The van der Waals surface area contributed by atoms with Crippen LogP contribution in [-0.4, -0.2) is 22.9 Å². The molecule has 3 unspecified atom stereocenters. The molecule has 3 atom stereocenters. The van der Waals surface area contributed by atoms with Gasteiger partial charge >= 0.3 is 0 Å². The van der Waals surface area contributed by atoms with Gasteiger partial charge in [-0.1, -0.05) is 43.2 Å². The Bertz CT molecular complexity index is 518. The number of nitrogens with zero attached hydrogens (tertiary/aromatic N) is 1. The Labute approximate surface area is 152 Å².